The van der Waals surface area contributed by atoms with Gasteiger partial charge in [0.05, 0.1) is 0 Å². The van der Waals surface area contributed by atoms with Crippen molar-refractivity contribution in [2.24, 2.45) is 0 Å². The van der Waals surface area contributed by atoms with Crippen LogP contribution in [0.25, 0.3) is 0 Å². The lowest BCUT2D eigenvalue weighted by atomic mass is 10.1. The molecule has 0 saturated heterocycles. The number of halogens is 1. The number of unbranched alkanes of at least 4 members (excludes halogenated alkanes) is 11. The molecule has 0 amide bonds. The second-order valence-corrected chi connectivity index (χ2v) is 5.48. The molecule has 0 aliphatic rings. The van der Waals surface area contributed by atoms with E-state index in [9.17, 15) is 0 Å². The van der Waals surface area contributed by atoms with Crippen molar-refractivity contribution in [2.75, 3.05) is 11.6 Å². The Morgan fingerprint density at radius 3 is 1.12 bits per heavy atom. The first-order valence-corrected chi connectivity index (χ1v) is 8.25. The maximum Gasteiger partial charge on any atom is 0.0223 e. The molecule has 0 bridgehead atoms. The van der Waals surface area contributed by atoms with Crippen LogP contribution in [-0.2, 0) is 0 Å². The molecule has 0 aromatic carbocycles. The smallest absolute Gasteiger partial charge is 0.0223 e. The van der Waals surface area contributed by atoms with Crippen LogP contribution in [0.1, 0.15) is 77.0 Å². The molecule has 0 radical (unpaired) electrons. The molecule has 16 heavy (non-hydrogen) atoms. The molecule has 0 aromatic rings. The van der Waals surface area contributed by atoms with E-state index in [1.807, 2.05) is 0 Å². The van der Waals surface area contributed by atoms with E-state index < -0.39 is 0 Å². The van der Waals surface area contributed by atoms with Gasteiger partial charge in [0.25, 0.3) is 0 Å². The van der Waals surface area contributed by atoms with Gasteiger partial charge in [-0.15, -0.1) is 11.6 Å². The number of thiol groups is 1. The van der Waals surface area contributed by atoms with Gasteiger partial charge in [-0.05, 0) is 18.6 Å². The van der Waals surface area contributed by atoms with Crippen LogP contribution >= 0.6 is 24.2 Å². The molecule has 2 heteroatoms. The Morgan fingerprint density at radius 2 is 0.812 bits per heavy atom. The Bertz CT molecular complexity index is 103. The van der Waals surface area contributed by atoms with Crippen LogP contribution in [0.15, 0.2) is 0 Å². The van der Waals surface area contributed by atoms with Crippen molar-refractivity contribution in [2.45, 2.75) is 77.0 Å². The SMILES string of the molecule is SCCCCCCCCCCCCCCCl. The molecule has 0 heterocycles. The van der Waals surface area contributed by atoms with Crippen molar-refractivity contribution < 1.29 is 0 Å². The fraction of sp³-hybridized carbons (Fsp3) is 1.00. The third-order valence-electron chi connectivity index (χ3n) is 3.04. The van der Waals surface area contributed by atoms with Gasteiger partial charge in [0, 0.05) is 5.88 Å². The summed E-state index contributed by atoms with van der Waals surface area (Å²) in [5.41, 5.74) is 0. The summed E-state index contributed by atoms with van der Waals surface area (Å²) in [7, 11) is 0. The van der Waals surface area contributed by atoms with Gasteiger partial charge in [-0.25, -0.2) is 0 Å². The Labute approximate surface area is 113 Å². The average Bonchev–Trinajstić information content (AvgIpc) is 2.31. The van der Waals surface area contributed by atoms with Crippen molar-refractivity contribution in [1.29, 1.82) is 0 Å². The minimum absolute atomic E-state index is 0.840. The summed E-state index contributed by atoms with van der Waals surface area (Å²) in [6, 6.07) is 0. The van der Waals surface area contributed by atoms with Crippen LogP contribution in [0.3, 0.4) is 0 Å². The van der Waals surface area contributed by atoms with Crippen LogP contribution in [0.5, 0.6) is 0 Å². The number of rotatable bonds is 13. The minimum Gasteiger partial charge on any atom is -0.179 e. The highest BCUT2D eigenvalue weighted by atomic mass is 35.5. The Morgan fingerprint density at radius 1 is 0.500 bits per heavy atom. The van der Waals surface area contributed by atoms with Gasteiger partial charge in [-0.3, -0.25) is 0 Å². The maximum atomic E-state index is 5.63. The number of hydrogen-bond donors (Lipinski definition) is 1. The van der Waals surface area contributed by atoms with Crippen molar-refractivity contribution >= 4 is 24.2 Å². The third-order valence-corrected chi connectivity index (χ3v) is 3.63. The summed E-state index contributed by atoms with van der Waals surface area (Å²) < 4.78 is 0. The quantitative estimate of drug-likeness (QED) is 0.241. The van der Waals surface area contributed by atoms with Crippen molar-refractivity contribution in [3.8, 4) is 0 Å². The normalized spacial score (nSPS) is 10.9. The highest BCUT2D eigenvalue weighted by molar-refractivity contribution is 7.80. The molecule has 0 atom stereocenters. The Kier molecular flexibility index (Phi) is 16.3. The first-order valence-electron chi connectivity index (χ1n) is 7.08. The summed E-state index contributed by atoms with van der Waals surface area (Å²) in [5, 5.41) is 0. The predicted molar refractivity (Wildman–Crippen MR) is 80.0 cm³/mol. The van der Waals surface area contributed by atoms with Crippen molar-refractivity contribution in [1.82, 2.24) is 0 Å². The monoisotopic (exact) mass is 264 g/mol. The summed E-state index contributed by atoms with van der Waals surface area (Å²) in [4.78, 5) is 0. The number of alkyl halides is 1. The van der Waals surface area contributed by atoms with E-state index >= 15 is 0 Å². The van der Waals surface area contributed by atoms with Crippen LogP contribution in [0, 0.1) is 0 Å². The minimum atomic E-state index is 0.840. The molecule has 0 saturated carbocycles. The molecule has 0 aliphatic heterocycles. The molecule has 0 unspecified atom stereocenters. The predicted octanol–water partition coefficient (Wildman–Crippen LogP) is 5.84. The summed E-state index contributed by atoms with van der Waals surface area (Å²) >= 11 is 9.85. The van der Waals surface area contributed by atoms with E-state index in [0.29, 0.717) is 0 Å². The van der Waals surface area contributed by atoms with Crippen LogP contribution in [-0.4, -0.2) is 11.6 Å². The van der Waals surface area contributed by atoms with Gasteiger partial charge >= 0.3 is 0 Å². The Balaban J connectivity index is 2.83. The molecule has 98 valence electrons. The maximum absolute atomic E-state index is 5.63. The molecule has 0 fully saturated rings. The van der Waals surface area contributed by atoms with E-state index in [1.54, 1.807) is 0 Å². The van der Waals surface area contributed by atoms with Gasteiger partial charge in [-0.2, -0.15) is 12.6 Å². The van der Waals surface area contributed by atoms with Crippen LogP contribution in [0.2, 0.25) is 0 Å². The molecule has 0 aromatic heterocycles. The first kappa shape index (κ1) is 16.6. The van der Waals surface area contributed by atoms with Crippen molar-refractivity contribution in [3.05, 3.63) is 0 Å². The second kappa shape index (κ2) is 15.6. The standard InChI is InChI=1S/C14H29ClS/c15-13-11-9-7-5-3-1-2-4-6-8-10-12-14-16/h16H,1-14H2. The fourth-order valence-corrected chi connectivity index (χ4v) is 2.39. The highest BCUT2D eigenvalue weighted by Gasteiger charge is 1.93. The van der Waals surface area contributed by atoms with Gasteiger partial charge in [0.15, 0.2) is 0 Å². The molecule has 0 rings (SSSR count). The van der Waals surface area contributed by atoms with E-state index in [1.165, 1.54) is 77.0 Å². The van der Waals surface area contributed by atoms with Gasteiger partial charge in [-0.1, -0.05) is 64.2 Å². The zero-order valence-electron chi connectivity index (χ0n) is 10.7. The summed E-state index contributed by atoms with van der Waals surface area (Å²) in [5.74, 6) is 1.90. The second-order valence-electron chi connectivity index (χ2n) is 4.66. The number of hydrogen-bond acceptors (Lipinski definition) is 1. The first-order chi connectivity index (χ1) is 7.91. The lowest BCUT2D eigenvalue weighted by molar-refractivity contribution is 0.549. The van der Waals surface area contributed by atoms with E-state index in [2.05, 4.69) is 12.6 Å². The van der Waals surface area contributed by atoms with Gasteiger partial charge in [0.1, 0.15) is 0 Å². The average molecular weight is 265 g/mol. The van der Waals surface area contributed by atoms with Gasteiger partial charge < -0.3 is 0 Å². The third kappa shape index (κ3) is 14.6. The van der Waals surface area contributed by atoms with E-state index in [-0.39, 0.29) is 0 Å². The summed E-state index contributed by atoms with van der Waals surface area (Å²) in [6.45, 7) is 0. The Hall–Kier alpha value is 0.640. The molecular formula is C14H29ClS. The van der Waals surface area contributed by atoms with E-state index in [0.717, 1.165) is 11.6 Å². The van der Waals surface area contributed by atoms with Gasteiger partial charge in [0.2, 0.25) is 0 Å². The van der Waals surface area contributed by atoms with E-state index in [4.69, 9.17) is 11.6 Å². The van der Waals surface area contributed by atoms with Crippen LogP contribution < -0.4 is 0 Å². The molecule has 0 spiro atoms. The van der Waals surface area contributed by atoms with Crippen LogP contribution in [0.4, 0.5) is 0 Å². The topological polar surface area (TPSA) is 0 Å². The largest absolute Gasteiger partial charge is 0.179 e. The zero-order chi connectivity index (χ0) is 11.9. The highest BCUT2D eigenvalue weighted by Crippen LogP contribution is 2.12. The molecule has 0 N–H and O–H groups in total. The summed E-state index contributed by atoms with van der Waals surface area (Å²) in [6.07, 6.45) is 16.6. The fourth-order valence-electron chi connectivity index (χ4n) is 1.97. The zero-order valence-corrected chi connectivity index (χ0v) is 12.4. The lowest BCUT2D eigenvalue weighted by Crippen LogP contribution is -1.83. The molecule has 0 nitrogen and oxygen atoms in total. The lowest BCUT2D eigenvalue weighted by Gasteiger charge is -2.02. The molecule has 0 aliphatic carbocycles. The molecular weight excluding hydrogens is 236 g/mol. The van der Waals surface area contributed by atoms with Crippen molar-refractivity contribution in [3.63, 3.8) is 0 Å².